The van der Waals surface area contributed by atoms with E-state index in [1.165, 1.54) is 11.3 Å². The van der Waals surface area contributed by atoms with Crippen molar-refractivity contribution in [3.05, 3.63) is 21.9 Å². The Hall–Kier alpha value is -0.910. The molecule has 4 nitrogen and oxygen atoms in total. The van der Waals surface area contributed by atoms with Gasteiger partial charge in [-0.2, -0.15) is 0 Å². The van der Waals surface area contributed by atoms with E-state index in [9.17, 15) is 4.79 Å². The molecule has 2 N–H and O–H groups in total. The monoisotopic (exact) mass is 229 g/mol. The minimum atomic E-state index is -0.855. The Morgan fingerprint density at radius 1 is 1.67 bits per heavy atom. The van der Waals surface area contributed by atoms with Gasteiger partial charge in [-0.25, -0.2) is 4.79 Å². The number of rotatable bonds is 7. The van der Waals surface area contributed by atoms with Gasteiger partial charge in [0.05, 0.1) is 6.61 Å². The molecule has 1 heterocycles. The first-order valence-corrected chi connectivity index (χ1v) is 5.71. The van der Waals surface area contributed by atoms with E-state index in [1.807, 2.05) is 13.0 Å². The van der Waals surface area contributed by atoms with Crippen molar-refractivity contribution in [2.45, 2.75) is 13.5 Å². The maximum atomic E-state index is 10.8. The van der Waals surface area contributed by atoms with E-state index < -0.39 is 5.97 Å². The lowest BCUT2D eigenvalue weighted by Crippen LogP contribution is -2.19. The van der Waals surface area contributed by atoms with Gasteiger partial charge in [0.15, 0.2) is 0 Å². The average molecular weight is 229 g/mol. The Labute approximate surface area is 92.9 Å². The summed E-state index contributed by atoms with van der Waals surface area (Å²) in [5.74, 6) is -0.855. The van der Waals surface area contributed by atoms with Gasteiger partial charge >= 0.3 is 5.97 Å². The molecule has 1 rings (SSSR count). The van der Waals surface area contributed by atoms with Crippen LogP contribution >= 0.6 is 11.3 Å². The van der Waals surface area contributed by atoms with Crippen LogP contribution in [0.4, 0.5) is 0 Å². The van der Waals surface area contributed by atoms with Gasteiger partial charge in [0.25, 0.3) is 0 Å². The highest BCUT2D eigenvalue weighted by Crippen LogP contribution is 2.16. The zero-order valence-corrected chi connectivity index (χ0v) is 9.47. The summed E-state index contributed by atoms with van der Waals surface area (Å²) in [5, 5.41) is 13.8. The third-order valence-corrected chi connectivity index (χ3v) is 2.83. The Bertz CT molecular complexity index is 311. The molecule has 0 unspecified atom stereocenters. The number of carboxylic acid groups (broad SMARTS) is 1. The molecular formula is C10H15NO3S. The molecule has 0 saturated carbocycles. The van der Waals surface area contributed by atoms with Crippen LogP contribution in [0.5, 0.6) is 0 Å². The van der Waals surface area contributed by atoms with Crippen molar-refractivity contribution in [1.29, 1.82) is 0 Å². The molecule has 1 aromatic heterocycles. The molecule has 0 amide bonds. The molecule has 0 aliphatic carbocycles. The van der Waals surface area contributed by atoms with Crippen LogP contribution in [0.2, 0.25) is 0 Å². The van der Waals surface area contributed by atoms with E-state index in [0.717, 1.165) is 12.1 Å². The third kappa shape index (κ3) is 3.99. The van der Waals surface area contributed by atoms with Crippen LogP contribution < -0.4 is 5.32 Å². The Morgan fingerprint density at radius 3 is 3.13 bits per heavy atom. The Morgan fingerprint density at radius 2 is 2.47 bits per heavy atom. The maximum Gasteiger partial charge on any atom is 0.346 e. The van der Waals surface area contributed by atoms with Gasteiger partial charge in [0.1, 0.15) is 4.88 Å². The second-order valence-corrected chi connectivity index (χ2v) is 3.87. The van der Waals surface area contributed by atoms with Crippen LogP contribution in [0.25, 0.3) is 0 Å². The summed E-state index contributed by atoms with van der Waals surface area (Å²) in [6, 6.07) is 1.84. The molecule has 0 bridgehead atoms. The Kier molecular flexibility index (Phi) is 5.31. The number of ether oxygens (including phenoxy) is 1. The highest BCUT2D eigenvalue weighted by molar-refractivity contribution is 7.12. The lowest BCUT2D eigenvalue weighted by molar-refractivity contribution is 0.0701. The maximum absolute atomic E-state index is 10.8. The molecule has 0 aliphatic heterocycles. The minimum Gasteiger partial charge on any atom is -0.477 e. The van der Waals surface area contributed by atoms with Crippen LogP contribution in [0.15, 0.2) is 11.4 Å². The summed E-state index contributed by atoms with van der Waals surface area (Å²) in [6.07, 6.45) is 0. The molecule has 1 aromatic rings. The van der Waals surface area contributed by atoms with Crippen LogP contribution in [-0.2, 0) is 11.3 Å². The highest BCUT2D eigenvalue weighted by Gasteiger charge is 2.10. The quantitative estimate of drug-likeness (QED) is 0.697. The fourth-order valence-electron chi connectivity index (χ4n) is 1.17. The van der Waals surface area contributed by atoms with E-state index in [-0.39, 0.29) is 0 Å². The minimum absolute atomic E-state index is 0.416. The SMILES string of the molecule is CCOCCNCc1ccsc1C(=O)O. The molecule has 0 aliphatic rings. The van der Waals surface area contributed by atoms with Crippen LogP contribution in [0.3, 0.4) is 0 Å². The van der Waals surface area contributed by atoms with E-state index in [4.69, 9.17) is 9.84 Å². The molecule has 0 spiro atoms. The predicted molar refractivity (Wildman–Crippen MR) is 59.5 cm³/mol. The van der Waals surface area contributed by atoms with Crippen LogP contribution in [-0.4, -0.2) is 30.8 Å². The van der Waals surface area contributed by atoms with Crippen molar-refractivity contribution in [2.24, 2.45) is 0 Å². The molecule has 0 fully saturated rings. The van der Waals surface area contributed by atoms with Gasteiger partial charge in [-0.05, 0) is 23.9 Å². The van der Waals surface area contributed by atoms with Crippen molar-refractivity contribution in [2.75, 3.05) is 19.8 Å². The van der Waals surface area contributed by atoms with Crippen LogP contribution in [0.1, 0.15) is 22.2 Å². The zero-order valence-electron chi connectivity index (χ0n) is 8.66. The van der Waals surface area contributed by atoms with Crippen molar-refractivity contribution in [3.8, 4) is 0 Å². The number of carboxylic acids is 1. The number of hydrogen-bond acceptors (Lipinski definition) is 4. The van der Waals surface area contributed by atoms with E-state index >= 15 is 0 Å². The fourth-order valence-corrected chi connectivity index (χ4v) is 1.94. The highest BCUT2D eigenvalue weighted by atomic mass is 32.1. The smallest absolute Gasteiger partial charge is 0.346 e. The van der Waals surface area contributed by atoms with Gasteiger partial charge in [-0.1, -0.05) is 0 Å². The van der Waals surface area contributed by atoms with Crippen molar-refractivity contribution < 1.29 is 14.6 Å². The van der Waals surface area contributed by atoms with Gasteiger partial charge in [-0.3, -0.25) is 0 Å². The number of nitrogens with one attached hydrogen (secondary N) is 1. The summed E-state index contributed by atoms with van der Waals surface area (Å²) >= 11 is 1.26. The normalized spacial score (nSPS) is 10.5. The number of thiophene rings is 1. The number of aromatic carboxylic acids is 1. The third-order valence-electron chi connectivity index (χ3n) is 1.88. The lowest BCUT2D eigenvalue weighted by atomic mass is 10.2. The Balaban J connectivity index is 2.31. The standard InChI is InChI=1S/C10H15NO3S/c1-2-14-5-4-11-7-8-3-6-15-9(8)10(12)13/h3,6,11H,2,4-5,7H2,1H3,(H,12,13). The predicted octanol–water partition coefficient (Wildman–Crippen LogP) is 1.57. The summed E-state index contributed by atoms with van der Waals surface area (Å²) in [6.45, 7) is 4.63. The molecular weight excluding hydrogens is 214 g/mol. The van der Waals surface area contributed by atoms with E-state index in [2.05, 4.69) is 5.32 Å². The molecule has 0 radical (unpaired) electrons. The second kappa shape index (κ2) is 6.55. The topological polar surface area (TPSA) is 58.6 Å². The molecule has 84 valence electrons. The van der Waals surface area contributed by atoms with E-state index in [1.54, 1.807) is 5.38 Å². The molecule has 0 atom stereocenters. The first-order chi connectivity index (χ1) is 7.25. The lowest BCUT2D eigenvalue weighted by Gasteiger charge is -2.04. The molecule has 0 saturated heterocycles. The average Bonchev–Trinajstić information content (AvgIpc) is 2.66. The zero-order chi connectivity index (χ0) is 11.1. The van der Waals surface area contributed by atoms with Crippen molar-refractivity contribution in [3.63, 3.8) is 0 Å². The van der Waals surface area contributed by atoms with Gasteiger partial charge in [-0.15, -0.1) is 11.3 Å². The molecule has 5 heteroatoms. The summed E-state index contributed by atoms with van der Waals surface area (Å²) in [4.78, 5) is 11.2. The van der Waals surface area contributed by atoms with Gasteiger partial charge in [0, 0.05) is 19.7 Å². The van der Waals surface area contributed by atoms with E-state index in [0.29, 0.717) is 24.6 Å². The summed E-state index contributed by atoms with van der Waals surface area (Å²) < 4.78 is 5.15. The van der Waals surface area contributed by atoms with Gasteiger partial charge < -0.3 is 15.2 Å². The number of hydrogen-bond donors (Lipinski definition) is 2. The molecule has 0 aromatic carbocycles. The largest absolute Gasteiger partial charge is 0.477 e. The molecule has 15 heavy (non-hydrogen) atoms. The van der Waals surface area contributed by atoms with Gasteiger partial charge in [0.2, 0.25) is 0 Å². The second-order valence-electron chi connectivity index (χ2n) is 2.95. The number of carbonyl (C=O) groups is 1. The first-order valence-electron chi connectivity index (χ1n) is 4.83. The summed E-state index contributed by atoms with van der Waals surface area (Å²) in [7, 11) is 0. The fraction of sp³-hybridized carbons (Fsp3) is 0.500. The summed E-state index contributed by atoms with van der Waals surface area (Å²) in [5.41, 5.74) is 0.837. The van der Waals surface area contributed by atoms with Crippen LogP contribution in [0, 0.1) is 0 Å². The first kappa shape index (κ1) is 12.2. The van der Waals surface area contributed by atoms with Crippen molar-refractivity contribution >= 4 is 17.3 Å². The van der Waals surface area contributed by atoms with Crippen molar-refractivity contribution in [1.82, 2.24) is 5.32 Å².